The molecule has 0 fully saturated rings. The van der Waals surface area contributed by atoms with E-state index in [9.17, 15) is 0 Å². The molecule has 0 bridgehead atoms. The van der Waals surface area contributed by atoms with E-state index in [-0.39, 0.29) is 0 Å². The smallest absolute Gasteiger partial charge is 0.0478 e. The van der Waals surface area contributed by atoms with Crippen LogP contribution in [0.3, 0.4) is 0 Å². The molecule has 0 amide bonds. The molecule has 0 saturated heterocycles. The molecule has 0 saturated carbocycles. The van der Waals surface area contributed by atoms with Crippen LogP contribution in [0.15, 0.2) is 0 Å². The number of rotatable bonds is 18. The van der Waals surface area contributed by atoms with Crippen molar-refractivity contribution in [2.24, 2.45) is 0 Å². The van der Waals surface area contributed by atoms with Crippen molar-refractivity contribution < 1.29 is 4.74 Å². The highest BCUT2D eigenvalue weighted by atomic mass is 16.5. The average molecular weight is 314 g/mol. The normalized spacial score (nSPS) is 11.5. The van der Waals surface area contributed by atoms with E-state index in [0.29, 0.717) is 0 Å². The third-order valence-electron chi connectivity index (χ3n) is 4.31. The Balaban J connectivity index is 3.66. The molecule has 0 unspecified atom stereocenters. The summed E-state index contributed by atoms with van der Waals surface area (Å²) in [5.74, 6) is 0. The Morgan fingerprint density at radius 3 is 1.50 bits per heavy atom. The van der Waals surface area contributed by atoms with E-state index in [2.05, 4.69) is 25.7 Å². The van der Waals surface area contributed by atoms with Crippen molar-refractivity contribution in [2.45, 2.75) is 97.8 Å². The van der Waals surface area contributed by atoms with Crippen molar-refractivity contribution in [3.8, 4) is 0 Å². The summed E-state index contributed by atoms with van der Waals surface area (Å²) in [6.07, 6.45) is 16.0. The van der Waals surface area contributed by atoms with Gasteiger partial charge in [-0.15, -0.1) is 0 Å². The summed E-state index contributed by atoms with van der Waals surface area (Å²) < 4.78 is 5.75. The third-order valence-corrected chi connectivity index (χ3v) is 4.31. The molecular formula is C20H43NO. The number of nitrogens with zero attached hydrogens (tertiary/aromatic N) is 1. The summed E-state index contributed by atoms with van der Waals surface area (Å²) >= 11 is 0. The van der Waals surface area contributed by atoms with Crippen LogP contribution in [0, 0.1) is 0 Å². The predicted octanol–water partition coefficient (Wildman–Crippen LogP) is 6.05. The first kappa shape index (κ1) is 21.9. The molecule has 0 heterocycles. The molecular weight excluding hydrogens is 270 g/mol. The summed E-state index contributed by atoms with van der Waals surface area (Å²) in [7, 11) is 0. The zero-order chi connectivity index (χ0) is 16.3. The first-order valence-electron chi connectivity index (χ1n) is 10.1. The van der Waals surface area contributed by atoms with Crippen LogP contribution in [0.1, 0.15) is 97.8 Å². The molecule has 0 atom stereocenters. The molecule has 0 aromatic carbocycles. The fourth-order valence-electron chi connectivity index (χ4n) is 2.81. The monoisotopic (exact) mass is 313 g/mol. The number of ether oxygens (including phenoxy) is 1. The van der Waals surface area contributed by atoms with Gasteiger partial charge in [0.05, 0.1) is 0 Å². The Hall–Kier alpha value is -0.0800. The minimum absolute atomic E-state index is 0.949. The van der Waals surface area contributed by atoms with E-state index < -0.39 is 0 Å². The lowest BCUT2D eigenvalue weighted by atomic mass is 10.1. The van der Waals surface area contributed by atoms with Gasteiger partial charge in [-0.3, -0.25) is 0 Å². The van der Waals surface area contributed by atoms with E-state index in [4.69, 9.17) is 4.74 Å². The molecule has 134 valence electrons. The van der Waals surface area contributed by atoms with Gasteiger partial charge in [-0.25, -0.2) is 0 Å². The van der Waals surface area contributed by atoms with Crippen LogP contribution in [0.25, 0.3) is 0 Å². The second kappa shape index (κ2) is 19.0. The predicted molar refractivity (Wildman–Crippen MR) is 99.7 cm³/mol. The topological polar surface area (TPSA) is 12.5 Å². The Kier molecular flexibility index (Phi) is 18.9. The van der Waals surface area contributed by atoms with Gasteiger partial charge in [0.15, 0.2) is 0 Å². The molecule has 0 aliphatic carbocycles. The highest BCUT2D eigenvalue weighted by Gasteiger charge is 2.04. The number of unbranched alkanes of at least 4 members (excludes halogenated alkanes) is 8. The van der Waals surface area contributed by atoms with Crippen LogP contribution in [0.5, 0.6) is 0 Å². The van der Waals surface area contributed by atoms with Gasteiger partial charge in [0.2, 0.25) is 0 Å². The maximum atomic E-state index is 5.75. The highest BCUT2D eigenvalue weighted by Crippen LogP contribution is 2.06. The Bertz CT molecular complexity index is 184. The van der Waals surface area contributed by atoms with Gasteiger partial charge < -0.3 is 9.64 Å². The first-order chi connectivity index (χ1) is 10.8. The molecule has 0 spiro atoms. The van der Waals surface area contributed by atoms with Crippen LogP contribution >= 0.6 is 0 Å². The lowest BCUT2D eigenvalue weighted by Gasteiger charge is -2.22. The first-order valence-corrected chi connectivity index (χ1v) is 10.1. The molecule has 2 nitrogen and oxygen atoms in total. The van der Waals surface area contributed by atoms with Crippen molar-refractivity contribution >= 4 is 0 Å². The lowest BCUT2D eigenvalue weighted by Crippen LogP contribution is -2.28. The van der Waals surface area contributed by atoms with Gasteiger partial charge in [0, 0.05) is 19.8 Å². The number of hydrogen-bond donors (Lipinski definition) is 0. The van der Waals surface area contributed by atoms with Gasteiger partial charge >= 0.3 is 0 Å². The molecule has 0 N–H and O–H groups in total. The van der Waals surface area contributed by atoms with Crippen molar-refractivity contribution in [2.75, 3.05) is 32.8 Å². The van der Waals surface area contributed by atoms with Crippen LogP contribution in [0.4, 0.5) is 0 Å². The lowest BCUT2D eigenvalue weighted by molar-refractivity contribution is 0.116. The average Bonchev–Trinajstić information content (AvgIpc) is 2.53. The molecule has 0 aromatic rings. The molecule has 0 aliphatic heterocycles. The second-order valence-electron chi connectivity index (χ2n) is 6.64. The van der Waals surface area contributed by atoms with E-state index in [1.807, 2.05) is 0 Å². The van der Waals surface area contributed by atoms with Crippen molar-refractivity contribution in [1.82, 2.24) is 4.90 Å². The third kappa shape index (κ3) is 16.3. The van der Waals surface area contributed by atoms with E-state index >= 15 is 0 Å². The standard InChI is InChI=1S/C20H43NO/c1-4-7-10-12-16-21(17-13-11-8-5-2)18-15-20-22-19-14-9-6-3/h4-20H2,1-3H3. The van der Waals surface area contributed by atoms with E-state index in [0.717, 1.165) is 13.2 Å². The van der Waals surface area contributed by atoms with Crippen molar-refractivity contribution in [3.63, 3.8) is 0 Å². The summed E-state index contributed by atoms with van der Waals surface area (Å²) in [5, 5.41) is 0. The minimum Gasteiger partial charge on any atom is -0.381 e. The summed E-state index contributed by atoms with van der Waals surface area (Å²) in [4.78, 5) is 2.68. The van der Waals surface area contributed by atoms with Crippen LogP contribution in [-0.2, 0) is 4.74 Å². The molecule has 0 rings (SSSR count). The summed E-state index contributed by atoms with van der Waals surface area (Å²) in [6.45, 7) is 12.5. The molecule has 0 aliphatic rings. The van der Waals surface area contributed by atoms with Gasteiger partial charge in [-0.1, -0.05) is 72.1 Å². The fraction of sp³-hybridized carbons (Fsp3) is 1.00. The van der Waals surface area contributed by atoms with Crippen LogP contribution in [-0.4, -0.2) is 37.7 Å². The largest absolute Gasteiger partial charge is 0.381 e. The summed E-state index contributed by atoms with van der Waals surface area (Å²) in [5.41, 5.74) is 0. The SMILES string of the molecule is CCCCCCN(CCCCCC)CCCOCCCCC. The van der Waals surface area contributed by atoms with E-state index in [1.165, 1.54) is 96.7 Å². The van der Waals surface area contributed by atoms with Gasteiger partial charge in [-0.2, -0.15) is 0 Å². The van der Waals surface area contributed by atoms with Crippen LogP contribution < -0.4 is 0 Å². The Labute approximate surface area is 141 Å². The Morgan fingerprint density at radius 1 is 0.500 bits per heavy atom. The zero-order valence-corrected chi connectivity index (χ0v) is 15.9. The van der Waals surface area contributed by atoms with Crippen molar-refractivity contribution in [3.05, 3.63) is 0 Å². The van der Waals surface area contributed by atoms with E-state index in [1.54, 1.807) is 0 Å². The summed E-state index contributed by atoms with van der Waals surface area (Å²) in [6, 6.07) is 0. The Morgan fingerprint density at radius 2 is 0.955 bits per heavy atom. The maximum absolute atomic E-state index is 5.75. The molecule has 2 heteroatoms. The molecule has 22 heavy (non-hydrogen) atoms. The van der Waals surface area contributed by atoms with Crippen LogP contribution in [0.2, 0.25) is 0 Å². The second-order valence-corrected chi connectivity index (χ2v) is 6.64. The fourth-order valence-corrected chi connectivity index (χ4v) is 2.81. The molecule has 0 aromatic heterocycles. The highest BCUT2D eigenvalue weighted by molar-refractivity contribution is 4.59. The quantitative estimate of drug-likeness (QED) is 0.286. The minimum atomic E-state index is 0.949. The van der Waals surface area contributed by atoms with Gasteiger partial charge in [0.25, 0.3) is 0 Å². The van der Waals surface area contributed by atoms with Gasteiger partial charge in [0.1, 0.15) is 0 Å². The van der Waals surface area contributed by atoms with Gasteiger partial charge in [-0.05, 0) is 38.8 Å². The van der Waals surface area contributed by atoms with Crippen molar-refractivity contribution in [1.29, 1.82) is 0 Å². The maximum Gasteiger partial charge on any atom is 0.0478 e. The number of hydrogen-bond acceptors (Lipinski definition) is 2. The molecule has 0 radical (unpaired) electrons. The zero-order valence-electron chi connectivity index (χ0n) is 15.9.